The average molecular weight is 411 g/mol. The number of amides is 1. The Labute approximate surface area is 173 Å². The fourth-order valence-corrected chi connectivity index (χ4v) is 3.15. The van der Waals surface area contributed by atoms with Crippen molar-refractivity contribution in [2.45, 2.75) is 38.9 Å². The summed E-state index contributed by atoms with van der Waals surface area (Å²) in [7, 11) is 0. The van der Waals surface area contributed by atoms with E-state index in [2.05, 4.69) is 39.5 Å². The summed E-state index contributed by atoms with van der Waals surface area (Å²) < 4.78 is 0. The van der Waals surface area contributed by atoms with Crippen LogP contribution >= 0.6 is 24.8 Å². The van der Waals surface area contributed by atoms with E-state index >= 15 is 0 Å². The molecule has 148 valence electrons. The highest BCUT2D eigenvalue weighted by atomic mass is 35.5. The predicted molar refractivity (Wildman–Crippen MR) is 113 cm³/mol. The summed E-state index contributed by atoms with van der Waals surface area (Å²) in [6, 6.07) is 12.0. The van der Waals surface area contributed by atoms with E-state index in [0.29, 0.717) is 18.7 Å². The van der Waals surface area contributed by atoms with E-state index in [1.54, 1.807) is 18.3 Å². The summed E-state index contributed by atoms with van der Waals surface area (Å²) in [5.74, 6) is -0.102. The second kappa shape index (κ2) is 11.9. The van der Waals surface area contributed by atoms with Crippen molar-refractivity contribution in [2.75, 3.05) is 13.1 Å². The topological polar surface area (TPSA) is 71.2 Å². The van der Waals surface area contributed by atoms with Gasteiger partial charge in [-0.3, -0.25) is 14.7 Å². The normalized spacial score (nSPS) is 14.0. The highest BCUT2D eigenvalue weighted by molar-refractivity contribution is 5.94. The van der Waals surface area contributed by atoms with Gasteiger partial charge in [0.1, 0.15) is 0 Å². The third-order valence-electron chi connectivity index (χ3n) is 4.62. The van der Waals surface area contributed by atoms with E-state index in [4.69, 9.17) is 5.73 Å². The summed E-state index contributed by atoms with van der Waals surface area (Å²) in [6.45, 7) is 4.28. The van der Waals surface area contributed by atoms with E-state index in [1.807, 2.05) is 0 Å². The molecule has 27 heavy (non-hydrogen) atoms. The molecule has 0 unspecified atom stereocenters. The SMILES string of the molecule is Cl.Cl.NCc1cc(C(=O)NCc2ccc(CN3CCCCC3)cc2)ccn1. The van der Waals surface area contributed by atoms with E-state index in [0.717, 1.165) is 17.8 Å². The molecule has 2 heterocycles. The van der Waals surface area contributed by atoms with Crippen LogP contribution in [0.4, 0.5) is 0 Å². The van der Waals surface area contributed by atoms with Gasteiger partial charge in [-0.25, -0.2) is 0 Å². The van der Waals surface area contributed by atoms with Crippen LogP contribution in [0, 0.1) is 0 Å². The molecule has 1 aliphatic rings. The Morgan fingerprint density at radius 2 is 1.70 bits per heavy atom. The Morgan fingerprint density at radius 3 is 2.37 bits per heavy atom. The monoisotopic (exact) mass is 410 g/mol. The Hall–Kier alpha value is -1.66. The number of nitrogens with zero attached hydrogens (tertiary/aromatic N) is 2. The van der Waals surface area contributed by atoms with Crippen molar-refractivity contribution in [1.29, 1.82) is 0 Å². The fraction of sp³-hybridized carbons (Fsp3) is 0.400. The number of carbonyl (C=O) groups is 1. The maximum atomic E-state index is 12.2. The van der Waals surface area contributed by atoms with Crippen LogP contribution in [0.25, 0.3) is 0 Å². The van der Waals surface area contributed by atoms with Gasteiger partial charge in [0.25, 0.3) is 5.91 Å². The first-order valence-electron chi connectivity index (χ1n) is 8.98. The number of hydrogen-bond donors (Lipinski definition) is 2. The van der Waals surface area contributed by atoms with Gasteiger partial charge in [-0.2, -0.15) is 0 Å². The Bertz CT molecular complexity index is 703. The van der Waals surface area contributed by atoms with E-state index in [-0.39, 0.29) is 30.7 Å². The minimum Gasteiger partial charge on any atom is -0.348 e. The van der Waals surface area contributed by atoms with Crippen molar-refractivity contribution in [3.05, 3.63) is 65.0 Å². The third-order valence-corrected chi connectivity index (χ3v) is 4.62. The van der Waals surface area contributed by atoms with Crippen LogP contribution in [0.15, 0.2) is 42.6 Å². The molecular formula is C20H28Cl2N4O. The van der Waals surface area contributed by atoms with Crippen LogP contribution in [0.3, 0.4) is 0 Å². The van der Waals surface area contributed by atoms with Crippen molar-refractivity contribution in [2.24, 2.45) is 5.73 Å². The highest BCUT2D eigenvalue weighted by Crippen LogP contribution is 2.13. The minimum atomic E-state index is -0.102. The molecule has 1 aromatic carbocycles. The van der Waals surface area contributed by atoms with Crippen molar-refractivity contribution >= 4 is 30.7 Å². The minimum absolute atomic E-state index is 0. The van der Waals surface area contributed by atoms with Gasteiger partial charge in [0, 0.05) is 31.4 Å². The number of nitrogens with two attached hydrogens (primary N) is 1. The van der Waals surface area contributed by atoms with Crippen LogP contribution in [0.2, 0.25) is 0 Å². The molecule has 1 saturated heterocycles. The molecular weight excluding hydrogens is 383 g/mol. The van der Waals surface area contributed by atoms with Gasteiger partial charge < -0.3 is 11.1 Å². The molecule has 0 saturated carbocycles. The van der Waals surface area contributed by atoms with Gasteiger partial charge in [0.15, 0.2) is 0 Å². The molecule has 1 fully saturated rings. The largest absolute Gasteiger partial charge is 0.348 e. The molecule has 2 aromatic rings. The number of benzene rings is 1. The lowest BCUT2D eigenvalue weighted by atomic mass is 10.1. The first-order valence-corrected chi connectivity index (χ1v) is 8.98. The molecule has 0 bridgehead atoms. The van der Waals surface area contributed by atoms with Crippen LogP contribution in [0.1, 0.15) is 46.4 Å². The molecule has 0 radical (unpaired) electrons. The molecule has 0 aliphatic carbocycles. The zero-order chi connectivity index (χ0) is 17.5. The predicted octanol–water partition coefficient (Wildman–Crippen LogP) is 3.30. The lowest BCUT2D eigenvalue weighted by molar-refractivity contribution is 0.0950. The lowest BCUT2D eigenvalue weighted by Gasteiger charge is -2.26. The number of hydrogen-bond acceptors (Lipinski definition) is 4. The average Bonchev–Trinajstić information content (AvgIpc) is 2.68. The summed E-state index contributed by atoms with van der Waals surface area (Å²) >= 11 is 0. The maximum absolute atomic E-state index is 12.2. The fourth-order valence-electron chi connectivity index (χ4n) is 3.15. The number of carbonyl (C=O) groups excluding carboxylic acids is 1. The van der Waals surface area contributed by atoms with Crippen molar-refractivity contribution in [3.8, 4) is 0 Å². The molecule has 3 N–H and O–H groups in total. The third kappa shape index (κ3) is 7.11. The first-order chi connectivity index (χ1) is 12.2. The van der Waals surface area contributed by atoms with Crippen molar-refractivity contribution < 1.29 is 4.79 Å². The number of piperidine rings is 1. The highest BCUT2D eigenvalue weighted by Gasteiger charge is 2.10. The molecule has 0 spiro atoms. The Morgan fingerprint density at radius 1 is 1.04 bits per heavy atom. The maximum Gasteiger partial charge on any atom is 0.251 e. The quantitative estimate of drug-likeness (QED) is 0.765. The molecule has 1 amide bonds. The standard InChI is InChI=1S/C20H26N4O.2ClH/c21-13-19-12-18(8-9-22-19)20(25)23-14-16-4-6-17(7-5-16)15-24-10-2-1-3-11-24;;/h4-9,12H,1-3,10-11,13-15,21H2,(H,23,25);2*1H. The van der Waals surface area contributed by atoms with Gasteiger partial charge >= 0.3 is 0 Å². The van der Waals surface area contributed by atoms with Crippen LogP contribution in [-0.4, -0.2) is 28.9 Å². The molecule has 1 aliphatic heterocycles. The van der Waals surface area contributed by atoms with Gasteiger partial charge in [0.05, 0.1) is 5.69 Å². The second-order valence-electron chi connectivity index (χ2n) is 6.58. The smallest absolute Gasteiger partial charge is 0.251 e. The van der Waals surface area contributed by atoms with Crippen molar-refractivity contribution in [3.63, 3.8) is 0 Å². The van der Waals surface area contributed by atoms with E-state index in [1.165, 1.54) is 37.9 Å². The Balaban J connectivity index is 0.00000182. The van der Waals surface area contributed by atoms with Crippen LogP contribution in [-0.2, 0) is 19.6 Å². The van der Waals surface area contributed by atoms with Gasteiger partial charge in [-0.1, -0.05) is 30.7 Å². The molecule has 5 nitrogen and oxygen atoms in total. The Kier molecular flexibility index (Phi) is 10.3. The number of pyridine rings is 1. The van der Waals surface area contributed by atoms with E-state index < -0.39 is 0 Å². The molecule has 7 heteroatoms. The molecule has 3 rings (SSSR count). The summed E-state index contributed by atoms with van der Waals surface area (Å²) in [5, 5.41) is 2.95. The number of likely N-dealkylation sites (tertiary alicyclic amines) is 1. The number of rotatable bonds is 6. The first kappa shape index (κ1) is 23.4. The van der Waals surface area contributed by atoms with Gasteiger partial charge in [-0.15, -0.1) is 24.8 Å². The zero-order valence-electron chi connectivity index (χ0n) is 15.4. The summed E-state index contributed by atoms with van der Waals surface area (Å²) in [5.41, 5.74) is 9.31. The second-order valence-corrected chi connectivity index (χ2v) is 6.58. The summed E-state index contributed by atoms with van der Waals surface area (Å²) in [4.78, 5) is 18.8. The van der Waals surface area contributed by atoms with Crippen LogP contribution < -0.4 is 11.1 Å². The summed E-state index contributed by atoms with van der Waals surface area (Å²) in [6.07, 6.45) is 5.60. The zero-order valence-corrected chi connectivity index (χ0v) is 17.0. The number of nitrogens with one attached hydrogen (secondary N) is 1. The van der Waals surface area contributed by atoms with E-state index in [9.17, 15) is 4.79 Å². The number of halogens is 2. The van der Waals surface area contributed by atoms with Crippen LogP contribution in [0.5, 0.6) is 0 Å². The lowest BCUT2D eigenvalue weighted by Crippen LogP contribution is -2.29. The molecule has 1 aromatic heterocycles. The van der Waals surface area contributed by atoms with Gasteiger partial charge in [0.2, 0.25) is 0 Å². The van der Waals surface area contributed by atoms with Crippen molar-refractivity contribution in [1.82, 2.24) is 15.2 Å². The molecule has 0 atom stereocenters. The van der Waals surface area contributed by atoms with Gasteiger partial charge in [-0.05, 0) is 49.2 Å². The number of aromatic nitrogens is 1.